The first-order chi connectivity index (χ1) is 9.63. The quantitative estimate of drug-likeness (QED) is 0.651. The van der Waals surface area contributed by atoms with Crippen LogP contribution in [0.25, 0.3) is 0 Å². The van der Waals surface area contributed by atoms with Crippen LogP contribution in [0.5, 0.6) is 0 Å². The van der Waals surface area contributed by atoms with Crippen LogP contribution in [0, 0.1) is 11.8 Å². The number of carbonyl (C=O) groups excluding carboxylic acids is 1. The summed E-state index contributed by atoms with van der Waals surface area (Å²) in [5.41, 5.74) is 0. The Bertz CT molecular complexity index is 258. The molecule has 1 saturated carbocycles. The van der Waals surface area contributed by atoms with Crippen LogP contribution in [-0.4, -0.2) is 25.2 Å². The predicted octanol–water partition coefficient (Wildman–Crippen LogP) is 3.91. The number of rotatable bonds is 9. The number of nitrogens with one attached hydrogen (secondary N) is 1. The molecule has 0 bridgehead atoms. The highest BCUT2D eigenvalue weighted by Crippen LogP contribution is 2.31. The van der Waals surface area contributed by atoms with Gasteiger partial charge in [0.1, 0.15) is 0 Å². The van der Waals surface area contributed by atoms with Gasteiger partial charge in [-0.3, -0.25) is 4.79 Å². The lowest BCUT2D eigenvalue weighted by molar-refractivity contribution is -0.126. The molecule has 1 aliphatic carbocycles. The monoisotopic (exact) mass is 283 g/mol. The van der Waals surface area contributed by atoms with Crippen LogP contribution in [0.3, 0.4) is 0 Å². The maximum Gasteiger partial charge on any atom is 0.223 e. The maximum atomic E-state index is 12.1. The lowest BCUT2D eigenvalue weighted by Crippen LogP contribution is -2.34. The molecule has 20 heavy (non-hydrogen) atoms. The van der Waals surface area contributed by atoms with E-state index in [0.29, 0.717) is 0 Å². The molecule has 3 heteroatoms. The van der Waals surface area contributed by atoms with Crippen molar-refractivity contribution >= 4 is 5.91 Å². The summed E-state index contributed by atoms with van der Waals surface area (Å²) < 4.78 is 5.47. The van der Waals surface area contributed by atoms with Crippen LogP contribution in [0.1, 0.15) is 72.1 Å². The van der Waals surface area contributed by atoms with Crippen LogP contribution in [0.15, 0.2) is 0 Å². The van der Waals surface area contributed by atoms with E-state index in [2.05, 4.69) is 12.2 Å². The molecule has 0 spiro atoms. The van der Waals surface area contributed by atoms with Gasteiger partial charge in [-0.15, -0.1) is 0 Å². The van der Waals surface area contributed by atoms with Crippen molar-refractivity contribution in [3.8, 4) is 0 Å². The van der Waals surface area contributed by atoms with Gasteiger partial charge in [-0.25, -0.2) is 0 Å². The molecule has 0 heterocycles. The highest BCUT2D eigenvalue weighted by Gasteiger charge is 2.25. The van der Waals surface area contributed by atoms with Crippen molar-refractivity contribution in [3.05, 3.63) is 0 Å². The van der Waals surface area contributed by atoms with Crippen LogP contribution in [0.2, 0.25) is 0 Å². The van der Waals surface area contributed by atoms with E-state index >= 15 is 0 Å². The zero-order valence-electron chi connectivity index (χ0n) is 13.6. The third-order valence-corrected chi connectivity index (χ3v) is 4.25. The van der Waals surface area contributed by atoms with Gasteiger partial charge in [0.25, 0.3) is 0 Å². The summed E-state index contributed by atoms with van der Waals surface area (Å²) in [5, 5.41) is 3.07. The first-order valence-corrected chi connectivity index (χ1v) is 8.52. The highest BCUT2D eigenvalue weighted by molar-refractivity contribution is 5.78. The zero-order chi connectivity index (χ0) is 14.8. The Balaban J connectivity index is 2.07. The number of carbonyl (C=O) groups is 1. The van der Waals surface area contributed by atoms with Crippen molar-refractivity contribution < 1.29 is 9.53 Å². The van der Waals surface area contributed by atoms with Gasteiger partial charge in [0, 0.05) is 19.1 Å². The molecule has 1 N–H and O–H groups in total. The van der Waals surface area contributed by atoms with Crippen LogP contribution in [-0.2, 0) is 9.53 Å². The molecule has 0 aromatic rings. The summed E-state index contributed by atoms with van der Waals surface area (Å²) in [4.78, 5) is 12.1. The maximum absolute atomic E-state index is 12.1. The summed E-state index contributed by atoms with van der Waals surface area (Å²) in [6.07, 6.45) is 9.85. The Labute approximate surface area is 124 Å². The number of hydrogen-bond acceptors (Lipinski definition) is 2. The number of ether oxygens (including phenoxy) is 1. The highest BCUT2D eigenvalue weighted by atomic mass is 16.5. The van der Waals surface area contributed by atoms with Gasteiger partial charge in [0.2, 0.25) is 5.91 Å². The third-order valence-electron chi connectivity index (χ3n) is 4.25. The molecule has 0 radical (unpaired) electrons. The fourth-order valence-electron chi connectivity index (χ4n) is 2.95. The van der Waals surface area contributed by atoms with Gasteiger partial charge in [0.15, 0.2) is 0 Å². The second-order valence-electron chi connectivity index (χ2n) is 6.42. The molecule has 0 aromatic heterocycles. The SMILES string of the molecule is CCCCC1CCC(C(=O)NCCCOC(C)C)CC1. The summed E-state index contributed by atoms with van der Waals surface area (Å²) in [7, 11) is 0. The van der Waals surface area contributed by atoms with Crippen LogP contribution in [0.4, 0.5) is 0 Å². The zero-order valence-corrected chi connectivity index (χ0v) is 13.6. The predicted molar refractivity (Wildman–Crippen MR) is 83.7 cm³/mol. The van der Waals surface area contributed by atoms with Gasteiger partial charge < -0.3 is 10.1 Å². The molecule has 3 nitrogen and oxygen atoms in total. The van der Waals surface area contributed by atoms with Gasteiger partial charge in [-0.2, -0.15) is 0 Å². The van der Waals surface area contributed by atoms with Crippen LogP contribution < -0.4 is 5.32 Å². The first kappa shape index (κ1) is 17.5. The van der Waals surface area contributed by atoms with E-state index in [9.17, 15) is 4.79 Å². The minimum absolute atomic E-state index is 0.263. The van der Waals surface area contributed by atoms with E-state index in [4.69, 9.17) is 4.74 Å². The van der Waals surface area contributed by atoms with Gasteiger partial charge in [0.05, 0.1) is 6.10 Å². The van der Waals surface area contributed by atoms with E-state index in [1.807, 2.05) is 13.8 Å². The molecule has 0 aromatic carbocycles. The van der Waals surface area contributed by atoms with E-state index in [1.165, 1.54) is 32.1 Å². The van der Waals surface area contributed by atoms with Crippen LogP contribution >= 0.6 is 0 Å². The Kier molecular flexibility index (Phi) is 8.92. The molecule has 1 amide bonds. The van der Waals surface area contributed by atoms with E-state index in [-0.39, 0.29) is 17.9 Å². The number of amides is 1. The average molecular weight is 283 g/mol. The molecule has 0 unspecified atom stereocenters. The lowest BCUT2D eigenvalue weighted by Gasteiger charge is -2.27. The molecular weight excluding hydrogens is 250 g/mol. The van der Waals surface area contributed by atoms with E-state index < -0.39 is 0 Å². The van der Waals surface area contributed by atoms with E-state index in [1.54, 1.807) is 0 Å². The van der Waals surface area contributed by atoms with Gasteiger partial charge in [-0.05, 0) is 51.9 Å². The van der Waals surface area contributed by atoms with Crippen molar-refractivity contribution in [1.29, 1.82) is 0 Å². The minimum Gasteiger partial charge on any atom is -0.379 e. The Hall–Kier alpha value is -0.570. The minimum atomic E-state index is 0.263. The normalized spacial score (nSPS) is 23.0. The Morgan fingerprint density at radius 2 is 1.90 bits per heavy atom. The summed E-state index contributed by atoms with van der Waals surface area (Å²) in [5.74, 6) is 1.40. The number of hydrogen-bond donors (Lipinski definition) is 1. The fourth-order valence-corrected chi connectivity index (χ4v) is 2.95. The second kappa shape index (κ2) is 10.2. The third kappa shape index (κ3) is 7.28. The first-order valence-electron chi connectivity index (χ1n) is 8.52. The topological polar surface area (TPSA) is 38.3 Å². The Morgan fingerprint density at radius 1 is 1.20 bits per heavy atom. The van der Waals surface area contributed by atoms with Crippen molar-refractivity contribution in [1.82, 2.24) is 5.32 Å². The lowest BCUT2D eigenvalue weighted by atomic mass is 9.79. The summed E-state index contributed by atoms with van der Waals surface area (Å²) in [6, 6.07) is 0. The largest absolute Gasteiger partial charge is 0.379 e. The summed E-state index contributed by atoms with van der Waals surface area (Å²) >= 11 is 0. The standard InChI is InChI=1S/C17H33NO2/c1-4-5-7-15-8-10-16(11-9-15)17(19)18-12-6-13-20-14(2)3/h14-16H,4-13H2,1-3H3,(H,18,19). The Morgan fingerprint density at radius 3 is 2.50 bits per heavy atom. The molecule has 118 valence electrons. The molecule has 1 rings (SSSR count). The summed E-state index contributed by atoms with van der Waals surface area (Å²) in [6.45, 7) is 7.82. The van der Waals surface area contributed by atoms with Crippen molar-refractivity contribution in [2.24, 2.45) is 11.8 Å². The molecule has 0 saturated heterocycles. The second-order valence-corrected chi connectivity index (χ2v) is 6.42. The van der Waals surface area contributed by atoms with Crippen molar-refractivity contribution in [3.63, 3.8) is 0 Å². The molecule has 1 aliphatic rings. The smallest absolute Gasteiger partial charge is 0.223 e. The molecule has 0 aliphatic heterocycles. The molecule has 0 atom stereocenters. The van der Waals surface area contributed by atoms with Gasteiger partial charge >= 0.3 is 0 Å². The van der Waals surface area contributed by atoms with E-state index in [0.717, 1.165) is 38.3 Å². The van der Waals surface area contributed by atoms with Crippen molar-refractivity contribution in [2.45, 2.75) is 78.2 Å². The fraction of sp³-hybridized carbons (Fsp3) is 0.941. The van der Waals surface area contributed by atoms with Crippen molar-refractivity contribution in [2.75, 3.05) is 13.2 Å². The van der Waals surface area contributed by atoms with Gasteiger partial charge in [-0.1, -0.05) is 26.2 Å². The molecule has 1 fully saturated rings. The number of unbranched alkanes of at least 4 members (excludes halogenated alkanes) is 1. The average Bonchev–Trinajstić information content (AvgIpc) is 2.44. The molecular formula is C17H33NO2.